The molecule has 0 aliphatic heterocycles. The molecule has 2 amide bonds. The molecule has 0 unspecified atom stereocenters. The zero-order valence-electron chi connectivity index (χ0n) is 12.8. The average Bonchev–Trinajstić information content (AvgIpc) is 3.41. The number of carbonyl (C=O) groups is 2. The van der Waals surface area contributed by atoms with Crippen LogP contribution in [0.3, 0.4) is 0 Å². The number of pyridine rings is 1. The molecule has 0 atom stereocenters. The Balaban J connectivity index is 1.51. The normalized spacial score (nSPS) is 13.4. The number of rotatable bonds is 6. The maximum Gasteiger partial charge on any atom is 0.235 e. The van der Waals surface area contributed by atoms with E-state index in [1.54, 1.807) is 12.1 Å². The van der Waals surface area contributed by atoms with Crippen LogP contribution in [0, 0.1) is 5.92 Å². The van der Waals surface area contributed by atoms with Gasteiger partial charge in [0.25, 0.3) is 0 Å². The van der Waals surface area contributed by atoms with E-state index in [9.17, 15) is 9.59 Å². The van der Waals surface area contributed by atoms with E-state index >= 15 is 0 Å². The van der Waals surface area contributed by atoms with Crippen molar-refractivity contribution in [2.75, 3.05) is 16.4 Å². The summed E-state index contributed by atoms with van der Waals surface area (Å²) in [6.07, 6.45) is 3.43. The summed E-state index contributed by atoms with van der Waals surface area (Å²) in [6, 6.07) is 10.8. The number of benzene rings is 1. The Hall–Kier alpha value is -2.05. The molecule has 0 radical (unpaired) electrons. The highest BCUT2D eigenvalue weighted by Gasteiger charge is 2.29. The number of hydrogen-bond acceptors (Lipinski definition) is 4. The third kappa shape index (κ3) is 4.97. The highest BCUT2D eigenvalue weighted by atomic mass is 35.5. The second-order valence-electron chi connectivity index (χ2n) is 5.49. The standard InChI is InChI=1S/C17H16ClN3O2S/c18-12-6-7-15(19-9-12)21-16(22)10-24-14-3-1-2-13(8-14)20-17(23)11-4-5-11/h1-3,6-9,11H,4-5,10H2,(H,20,23)(H,19,21,22). The van der Waals surface area contributed by atoms with E-state index in [1.165, 1.54) is 18.0 Å². The Labute approximate surface area is 149 Å². The van der Waals surface area contributed by atoms with E-state index in [0.717, 1.165) is 23.4 Å². The molecule has 5 nitrogen and oxygen atoms in total. The van der Waals surface area contributed by atoms with Crippen molar-refractivity contribution in [2.45, 2.75) is 17.7 Å². The molecule has 0 spiro atoms. The van der Waals surface area contributed by atoms with E-state index in [-0.39, 0.29) is 23.5 Å². The monoisotopic (exact) mass is 361 g/mol. The van der Waals surface area contributed by atoms with Gasteiger partial charge in [0.1, 0.15) is 5.82 Å². The molecule has 1 aliphatic carbocycles. The third-order valence-corrected chi connectivity index (χ3v) is 4.63. The Morgan fingerprint density at radius 3 is 2.75 bits per heavy atom. The summed E-state index contributed by atoms with van der Waals surface area (Å²) in [6.45, 7) is 0. The molecule has 3 rings (SSSR count). The first-order valence-corrected chi connectivity index (χ1v) is 8.91. The molecule has 1 heterocycles. The summed E-state index contributed by atoms with van der Waals surface area (Å²) < 4.78 is 0. The van der Waals surface area contributed by atoms with Crippen LogP contribution in [0.25, 0.3) is 0 Å². The van der Waals surface area contributed by atoms with Gasteiger partial charge in [0.15, 0.2) is 0 Å². The fraction of sp³-hybridized carbons (Fsp3) is 0.235. The van der Waals surface area contributed by atoms with Crippen molar-refractivity contribution in [3.8, 4) is 0 Å². The topological polar surface area (TPSA) is 71.1 Å². The smallest absolute Gasteiger partial charge is 0.235 e. The van der Waals surface area contributed by atoms with Crippen molar-refractivity contribution in [3.05, 3.63) is 47.6 Å². The summed E-state index contributed by atoms with van der Waals surface area (Å²) in [7, 11) is 0. The summed E-state index contributed by atoms with van der Waals surface area (Å²) in [5.41, 5.74) is 0.761. The number of anilines is 2. The van der Waals surface area contributed by atoms with Gasteiger partial charge in [0, 0.05) is 22.7 Å². The maximum atomic E-state index is 12.0. The second kappa shape index (κ2) is 7.68. The largest absolute Gasteiger partial charge is 0.326 e. The fourth-order valence-electron chi connectivity index (χ4n) is 2.03. The van der Waals surface area contributed by atoms with Gasteiger partial charge < -0.3 is 10.6 Å². The highest BCUT2D eigenvalue weighted by Crippen LogP contribution is 2.30. The van der Waals surface area contributed by atoms with Gasteiger partial charge in [-0.1, -0.05) is 17.7 Å². The Kier molecular flexibility index (Phi) is 5.37. The van der Waals surface area contributed by atoms with Crippen LogP contribution in [0.15, 0.2) is 47.5 Å². The van der Waals surface area contributed by atoms with Crippen LogP contribution in [0.5, 0.6) is 0 Å². The summed E-state index contributed by atoms with van der Waals surface area (Å²) in [4.78, 5) is 28.7. The molecule has 124 valence electrons. The molecule has 2 aromatic rings. The minimum absolute atomic E-state index is 0.0729. The number of halogens is 1. The van der Waals surface area contributed by atoms with Gasteiger partial charge in [0.2, 0.25) is 11.8 Å². The number of carbonyl (C=O) groups excluding carboxylic acids is 2. The van der Waals surface area contributed by atoms with Gasteiger partial charge in [-0.3, -0.25) is 9.59 Å². The number of thioether (sulfide) groups is 1. The number of aromatic nitrogens is 1. The minimum atomic E-state index is -0.151. The van der Waals surface area contributed by atoms with Crippen molar-refractivity contribution in [1.29, 1.82) is 0 Å². The van der Waals surface area contributed by atoms with Crippen LogP contribution in [0.1, 0.15) is 12.8 Å². The SMILES string of the molecule is O=C(CSc1cccc(NC(=O)C2CC2)c1)Nc1ccc(Cl)cn1. The molecule has 1 aliphatic rings. The van der Waals surface area contributed by atoms with Crippen molar-refractivity contribution in [1.82, 2.24) is 4.98 Å². The van der Waals surface area contributed by atoms with E-state index in [0.29, 0.717) is 10.8 Å². The van der Waals surface area contributed by atoms with Gasteiger partial charge in [-0.2, -0.15) is 0 Å². The number of nitrogens with one attached hydrogen (secondary N) is 2. The molecule has 1 fully saturated rings. The first-order valence-electron chi connectivity index (χ1n) is 7.55. The van der Waals surface area contributed by atoms with Crippen LogP contribution >= 0.6 is 23.4 Å². The number of nitrogens with zero attached hydrogens (tertiary/aromatic N) is 1. The summed E-state index contributed by atoms with van der Waals surface area (Å²) in [5, 5.41) is 6.13. The number of hydrogen-bond donors (Lipinski definition) is 2. The van der Waals surface area contributed by atoms with Gasteiger partial charge in [-0.15, -0.1) is 11.8 Å². The Morgan fingerprint density at radius 1 is 1.21 bits per heavy atom. The second-order valence-corrected chi connectivity index (χ2v) is 6.98. The first-order chi connectivity index (χ1) is 11.6. The zero-order valence-corrected chi connectivity index (χ0v) is 14.4. The molecule has 7 heteroatoms. The molecule has 2 N–H and O–H groups in total. The van der Waals surface area contributed by atoms with Gasteiger partial charge >= 0.3 is 0 Å². The summed E-state index contributed by atoms with van der Waals surface area (Å²) in [5.74, 6) is 0.810. The predicted octanol–water partition coefficient (Wildman–Crippen LogP) is 3.81. The van der Waals surface area contributed by atoms with Crippen molar-refractivity contribution in [3.63, 3.8) is 0 Å². The lowest BCUT2D eigenvalue weighted by atomic mass is 10.3. The predicted molar refractivity (Wildman–Crippen MR) is 96.4 cm³/mol. The molecule has 1 saturated carbocycles. The Morgan fingerprint density at radius 2 is 2.04 bits per heavy atom. The third-order valence-electron chi connectivity index (χ3n) is 3.41. The minimum Gasteiger partial charge on any atom is -0.326 e. The molecule has 1 aromatic heterocycles. The number of amides is 2. The lowest BCUT2D eigenvalue weighted by Gasteiger charge is -2.07. The van der Waals surface area contributed by atoms with Gasteiger partial charge in [0.05, 0.1) is 10.8 Å². The molecule has 1 aromatic carbocycles. The van der Waals surface area contributed by atoms with Crippen LogP contribution in [-0.4, -0.2) is 22.6 Å². The van der Waals surface area contributed by atoms with Crippen LogP contribution in [-0.2, 0) is 9.59 Å². The summed E-state index contributed by atoms with van der Waals surface area (Å²) >= 11 is 7.15. The zero-order chi connectivity index (χ0) is 16.9. The molecular weight excluding hydrogens is 346 g/mol. The molecule has 0 saturated heterocycles. The lowest BCUT2D eigenvalue weighted by molar-refractivity contribution is -0.117. The quantitative estimate of drug-likeness (QED) is 0.767. The highest BCUT2D eigenvalue weighted by molar-refractivity contribution is 8.00. The molecular formula is C17H16ClN3O2S. The molecule has 24 heavy (non-hydrogen) atoms. The average molecular weight is 362 g/mol. The Bertz CT molecular complexity index is 748. The fourth-order valence-corrected chi connectivity index (χ4v) is 2.90. The van der Waals surface area contributed by atoms with Crippen LogP contribution < -0.4 is 10.6 Å². The van der Waals surface area contributed by atoms with E-state index < -0.39 is 0 Å². The molecule has 0 bridgehead atoms. The van der Waals surface area contributed by atoms with Crippen molar-refractivity contribution in [2.24, 2.45) is 5.92 Å². The van der Waals surface area contributed by atoms with E-state index in [4.69, 9.17) is 11.6 Å². The van der Waals surface area contributed by atoms with Crippen molar-refractivity contribution >= 4 is 46.7 Å². The first kappa shape index (κ1) is 16.8. The van der Waals surface area contributed by atoms with E-state index in [1.807, 2.05) is 24.3 Å². The van der Waals surface area contributed by atoms with E-state index in [2.05, 4.69) is 15.6 Å². The van der Waals surface area contributed by atoms with Crippen molar-refractivity contribution < 1.29 is 9.59 Å². The van der Waals surface area contributed by atoms with Crippen LogP contribution in [0.2, 0.25) is 5.02 Å². The maximum absolute atomic E-state index is 12.0. The van der Waals surface area contributed by atoms with Gasteiger partial charge in [-0.25, -0.2) is 4.98 Å². The lowest BCUT2D eigenvalue weighted by Crippen LogP contribution is -2.15. The van der Waals surface area contributed by atoms with Gasteiger partial charge in [-0.05, 0) is 43.2 Å². The van der Waals surface area contributed by atoms with Crippen LogP contribution in [0.4, 0.5) is 11.5 Å².